The monoisotopic (exact) mass is 418 g/mol. The van der Waals surface area contributed by atoms with Crippen molar-refractivity contribution in [2.75, 3.05) is 13.7 Å². The molecule has 0 bridgehead atoms. The first-order valence-electron chi connectivity index (χ1n) is 10.9. The summed E-state index contributed by atoms with van der Waals surface area (Å²) in [5.41, 5.74) is 4.58. The molecule has 1 unspecified atom stereocenters. The maximum Gasteiger partial charge on any atom is 0.251 e. The first-order chi connectivity index (χ1) is 15.1. The molecule has 1 atom stereocenters. The molecule has 6 heteroatoms. The van der Waals surface area contributed by atoms with Crippen molar-refractivity contribution in [2.24, 2.45) is 0 Å². The van der Waals surface area contributed by atoms with Gasteiger partial charge < -0.3 is 19.4 Å². The number of methoxy groups -OCH3 is 1. The molecular weight excluding hydrogens is 392 g/mol. The maximum atomic E-state index is 13.0. The predicted octanol–water partition coefficient (Wildman–Crippen LogP) is 3.92. The first kappa shape index (κ1) is 19.7. The van der Waals surface area contributed by atoms with Crippen molar-refractivity contribution in [3.8, 4) is 11.5 Å². The first-order valence-corrected chi connectivity index (χ1v) is 10.9. The number of ketones is 1. The van der Waals surface area contributed by atoms with Crippen molar-refractivity contribution in [2.45, 2.75) is 45.2 Å². The van der Waals surface area contributed by atoms with Gasteiger partial charge in [0, 0.05) is 35.0 Å². The van der Waals surface area contributed by atoms with E-state index >= 15 is 0 Å². The fourth-order valence-corrected chi connectivity index (χ4v) is 4.93. The van der Waals surface area contributed by atoms with Crippen LogP contribution in [0, 0.1) is 0 Å². The lowest BCUT2D eigenvalue weighted by molar-refractivity contribution is 0.0913. The molecule has 6 nitrogen and oxygen atoms in total. The van der Waals surface area contributed by atoms with Crippen LogP contribution in [0.5, 0.6) is 11.5 Å². The Hall–Kier alpha value is -3.28. The van der Waals surface area contributed by atoms with Crippen molar-refractivity contribution in [1.29, 1.82) is 0 Å². The molecule has 1 aromatic heterocycles. The summed E-state index contributed by atoms with van der Waals surface area (Å²) in [4.78, 5) is 25.6. The number of rotatable bonds is 4. The van der Waals surface area contributed by atoms with Crippen LogP contribution in [-0.2, 0) is 19.4 Å². The van der Waals surface area contributed by atoms with Crippen LogP contribution in [0.1, 0.15) is 51.7 Å². The van der Waals surface area contributed by atoms with E-state index in [-0.39, 0.29) is 17.7 Å². The fraction of sp³-hybridized carbons (Fsp3) is 0.360. The van der Waals surface area contributed by atoms with Crippen molar-refractivity contribution >= 4 is 22.6 Å². The number of nitrogens with zero attached hydrogens (tertiary/aromatic N) is 1. The third kappa shape index (κ3) is 3.26. The van der Waals surface area contributed by atoms with Crippen LogP contribution in [0.2, 0.25) is 0 Å². The maximum absolute atomic E-state index is 13.0. The summed E-state index contributed by atoms with van der Waals surface area (Å²) >= 11 is 0. The van der Waals surface area contributed by atoms with Gasteiger partial charge >= 0.3 is 0 Å². The Morgan fingerprint density at radius 3 is 2.94 bits per heavy atom. The van der Waals surface area contributed by atoms with Crippen molar-refractivity contribution < 1.29 is 19.1 Å². The van der Waals surface area contributed by atoms with Gasteiger partial charge in [-0.25, -0.2) is 0 Å². The van der Waals surface area contributed by atoms with E-state index in [0.29, 0.717) is 30.8 Å². The zero-order valence-electron chi connectivity index (χ0n) is 17.9. The van der Waals surface area contributed by atoms with Crippen LogP contribution in [0.15, 0.2) is 36.4 Å². The minimum atomic E-state index is -0.123. The van der Waals surface area contributed by atoms with E-state index < -0.39 is 0 Å². The van der Waals surface area contributed by atoms with E-state index in [2.05, 4.69) is 16.8 Å². The molecule has 0 spiro atoms. The Morgan fingerprint density at radius 2 is 2.13 bits per heavy atom. The van der Waals surface area contributed by atoms with Crippen LogP contribution >= 0.6 is 0 Å². The minimum absolute atomic E-state index is 0.112. The van der Waals surface area contributed by atoms with E-state index in [1.54, 1.807) is 7.11 Å². The van der Waals surface area contributed by atoms with Gasteiger partial charge in [0.15, 0.2) is 17.3 Å². The van der Waals surface area contributed by atoms with Crippen molar-refractivity contribution in [3.05, 3.63) is 58.8 Å². The standard InChI is InChI=1S/C25H26N2O4/c1-3-27-20-11-10-16(13-19(20)18-7-5-8-21(28)23(18)27)25(29)26-17-12-15-6-4-9-22(30-2)24(15)31-14-17/h4,6,9-11,13,17H,3,5,7-8,12,14H2,1-2H3,(H,26,29). The largest absolute Gasteiger partial charge is 0.493 e. The Labute approximate surface area is 181 Å². The number of carbonyl (C=O) groups is 2. The van der Waals surface area contributed by atoms with Crippen LogP contribution < -0.4 is 14.8 Å². The number of fused-ring (bicyclic) bond motifs is 4. The van der Waals surface area contributed by atoms with Gasteiger partial charge in [0.25, 0.3) is 5.91 Å². The lowest BCUT2D eigenvalue weighted by Gasteiger charge is -2.27. The third-order valence-electron chi connectivity index (χ3n) is 6.35. The molecule has 0 fully saturated rings. The number of aromatic nitrogens is 1. The number of amides is 1. The van der Waals surface area contributed by atoms with Crippen LogP contribution in [0.25, 0.3) is 10.9 Å². The summed E-state index contributed by atoms with van der Waals surface area (Å²) in [5, 5.41) is 4.13. The molecule has 2 aliphatic rings. The average molecular weight is 418 g/mol. The zero-order valence-corrected chi connectivity index (χ0v) is 17.9. The number of hydrogen-bond acceptors (Lipinski definition) is 4. The Morgan fingerprint density at radius 1 is 1.26 bits per heavy atom. The highest BCUT2D eigenvalue weighted by atomic mass is 16.5. The van der Waals surface area contributed by atoms with Gasteiger partial charge in [0.1, 0.15) is 6.61 Å². The van der Waals surface area contributed by atoms with Crippen LogP contribution in [-0.4, -0.2) is 36.0 Å². The molecule has 1 amide bonds. The molecular formula is C25H26N2O4. The number of aryl methyl sites for hydroxylation is 2. The van der Waals surface area contributed by atoms with Gasteiger partial charge in [0.2, 0.25) is 0 Å². The van der Waals surface area contributed by atoms with E-state index in [0.717, 1.165) is 52.9 Å². The number of benzene rings is 2. The van der Waals surface area contributed by atoms with Crippen LogP contribution in [0.4, 0.5) is 0 Å². The molecule has 2 heterocycles. The van der Waals surface area contributed by atoms with E-state index in [9.17, 15) is 9.59 Å². The molecule has 1 aliphatic carbocycles. The van der Waals surface area contributed by atoms with Crippen molar-refractivity contribution in [3.63, 3.8) is 0 Å². The summed E-state index contributed by atoms with van der Waals surface area (Å²) in [6.07, 6.45) is 3.04. The second-order valence-electron chi connectivity index (χ2n) is 8.21. The Bertz CT molecular complexity index is 1190. The number of ether oxygens (including phenoxy) is 2. The molecule has 160 valence electrons. The number of hydrogen-bond donors (Lipinski definition) is 1. The molecule has 0 saturated carbocycles. The average Bonchev–Trinajstić information content (AvgIpc) is 3.12. The molecule has 31 heavy (non-hydrogen) atoms. The molecule has 3 aromatic rings. The van der Waals surface area contributed by atoms with E-state index in [4.69, 9.17) is 9.47 Å². The number of carbonyl (C=O) groups excluding carboxylic acids is 2. The molecule has 5 rings (SSSR count). The van der Waals surface area contributed by atoms with Gasteiger partial charge in [-0.05, 0) is 56.0 Å². The smallest absolute Gasteiger partial charge is 0.251 e. The minimum Gasteiger partial charge on any atom is -0.493 e. The normalized spacial score (nSPS) is 17.6. The molecule has 1 aliphatic heterocycles. The number of nitrogens with one attached hydrogen (secondary N) is 1. The number of para-hydroxylation sites is 1. The lowest BCUT2D eigenvalue weighted by Crippen LogP contribution is -2.42. The van der Waals surface area contributed by atoms with E-state index in [1.807, 2.05) is 36.4 Å². The van der Waals surface area contributed by atoms with E-state index in [1.165, 1.54) is 0 Å². The highest BCUT2D eigenvalue weighted by Crippen LogP contribution is 2.35. The second kappa shape index (κ2) is 7.76. The molecule has 0 radical (unpaired) electrons. The Balaban J connectivity index is 1.41. The topological polar surface area (TPSA) is 69.6 Å². The van der Waals surface area contributed by atoms with Crippen LogP contribution in [0.3, 0.4) is 0 Å². The second-order valence-corrected chi connectivity index (χ2v) is 8.21. The molecule has 0 saturated heterocycles. The zero-order chi connectivity index (χ0) is 21.5. The van der Waals surface area contributed by atoms with Gasteiger partial charge in [-0.3, -0.25) is 9.59 Å². The number of Topliss-reactive ketones (excluding diaryl/α,β-unsaturated/α-hetero) is 1. The summed E-state index contributed by atoms with van der Waals surface area (Å²) in [6, 6.07) is 11.5. The van der Waals surface area contributed by atoms with Crippen molar-refractivity contribution in [1.82, 2.24) is 9.88 Å². The summed E-state index contributed by atoms with van der Waals surface area (Å²) in [7, 11) is 1.63. The predicted molar refractivity (Wildman–Crippen MR) is 118 cm³/mol. The van der Waals surface area contributed by atoms with Gasteiger partial charge in [0.05, 0.1) is 18.8 Å². The summed E-state index contributed by atoms with van der Waals surface area (Å²) in [6.45, 7) is 3.20. The summed E-state index contributed by atoms with van der Waals surface area (Å²) in [5.74, 6) is 1.56. The molecule has 2 aromatic carbocycles. The third-order valence-corrected chi connectivity index (χ3v) is 6.35. The van der Waals surface area contributed by atoms with Gasteiger partial charge in [-0.15, -0.1) is 0 Å². The fourth-order valence-electron chi connectivity index (χ4n) is 4.93. The quantitative estimate of drug-likeness (QED) is 0.697. The summed E-state index contributed by atoms with van der Waals surface area (Å²) < 4.78 is 13.3. The SMILES string of the molecule is CCn1c2c(c3cc(C(=O)NC4COc5c(cccc5OC)C4)ccc31)CCCC2=O. The van der Waals surface area contributed by atoms with Gasteiger partial charge in [-0.1, -0.05) is 12.1 Å². The van der Waals surface area contributed by atoms with Gasteiger partial charge in [-0.2, -0.15) is 0 Å². The molecule has 1 N–H and O–H groups in total. The highest BCUT2D eigenvalue weighted by molar-refractivity contribution is 6.06. The highest BCUT2D eigenvalue weighted by Gasteiger charge is 2.27. The lowest BCUT2D eigenvalue weighted by atomic mass is 9.94. The Kier molecular flexibility index (Phi) is 4.93.